The van der Waals surface area contributed by atoms with E-state index in [-0.39, 0.29) is 12.1 Å². The van der Waals surface area contributed by atoms with E-state index in [1.165, 1.54) is 0 Å². The Morgan fingerprint density at radius 3 is 2.56 bits per heavy atom. The Balaban J connectivity index is 1.36. The van der Waals surface area contributed by atoms with Gasteiger partial charge in [-0.15, -0.1) is 0 Å². The van der Waals surface area contributed by atoms with Crippen LogP contribution in [-0.2, 0) is 6.54 Å². The predicted octanol–water partition coefficient (Wildman–Crippen LogP) is 0.941. The quantitative estimate of drug-likeness (QED) is 0.860. The van der Waals surface area contributed by atoms with Gasteiger partial charge in [0.05, 0.1) is 0 Å². The normalized spacial score (nSPS) is 22.1. The Kier molecular flexibility index (Phi) is 6.31. The molecule has 0 radical (unpaired) electrons. The molecule has 1 aromatic rings. The number of piperazine rings is 1. The summed E-state index contributed by atoms with van der Waals surface area (Å²) in [6, 6.07) is 2.25. The standard InChI is InChI=1S/C18H32N6O/c1-16(14-22-12-10-21(2)11-13-22)20-18(25)23-8-4-17(5-9-23)15-24-7-3-6-19-24/h3,6-7,16-17H,4-5,8-15H2,1-2H3,(H,20,25)/t16-/m0/s1. The monoisotopic (exact) mass is 348 g/mol. The van der Waals surface area contributed by atoms with Crippen molar-refractivity contribution in [1.82, 2.24) is 29.8 Å². The van der Waals surface area contributed by atoms with Crippen molar-refractivity contribution in [3.63, 3.8) is 0 Å². The zero-order valence-corrected chi connectivity index (χ0v) is 15.6. The molecule has 25 heavy (non-hydrogen) atoms. The Bertz CT molecular complexity index is 518. The fraction of sp³-hybridized carbons (Fsp3) is 0.778. The minimum absolute atomic E-state index is 0.0965. The van der Waals surface area contributed by atoms with Crippen molar-refractivity contribution >= 4 is 6.03 Å². The summed E-state index contributed by atoms with van der Waals surface area (Å²) in [4.78, 5) is 19.3. The number of likely N-dealkylation sites (N-methyl/N-ethyl adjacent to an activating group) is 1. The molecule has 0 aliphatic carbocycles. The molecule has 1 aromatic heterocycles. The van der Waals surface area contributed by atoms with Gasteiger partial charge in [-0.2, -0.15) is 5.10 Å². The number of rotatable bonds is 5. The van der Waals surface area contributed by atoms with Gasteiger partial charge in [0.25, 0.3) is 0 Å². The lowest BCUT2D eigenvalue weighted by Gasteiger charge is -2.35. The molecule has 0 aromatic carbocycles. The first-order valence-electron chi connectivity index (χ1n) is 9.54. The fourth-order valence-electron chi connectivity index (χ4n) is 3.76. The number of piperidine rings is 1. The topological polar surface area (TPSA) is 56.6 Å². The Morgan fingerprint density at radius 1 is 1.20 bits per heavy atom. The zero-order valence-electron chi connectivity index (χ0n) is 15.6. The van der Waals surface area contributed by atoms with E-state index in [4.69, 9.17) is 0 Å². The van der Waals surface area contributed by atoms with E-state index >= 15 is 0 Å². The summed E-state index contributed by atoms with van der Waals surface area (Å²) in [5.41, 5.74) is 0. The lowest BCUT2D eigenvalue weighted by molar-refractivity contribution is 0.137. The van der Waals surface area contributed by atoms with Gasteiger partial charge in [0, 0.05) is 70.8 Å². The van der Waals surface area contributed by atoms with Crippen LogP contribution < -0.4 is 5.32 Å². The molecule has 7 nitrogen and oxygen atoms in total. The Hall–Kier alpha value is -1.60. The van der Waals surface area contributed by atoms with Crippen molar-refractivity contribution in [3.05, 3.63) is 18.5 Å². The average molecular weight is 348 g/mol. The van der Waals surface area contributed by atoms with Gasteiger partial charge in [-0.1, -0.05) is 0 Å². The molecule has 0 spiro atoms. The van der Waals surface area contributed by atoms with Crippen LogP contribution >= 0.6 is 0 Å². The second-order valence-electron chi connectivity index (χ2n) is 7.61. The van der Waals surface area contributed by atoms with Crippen molar-refractivity contribution in [2.45, 2.75) is 32.4 Å². The van der Waals surface area contributed by atoms with Crippen LogP contribution in [0.1, 0.15) is 19.8 Å². The van der Waals surface area contributed by atoms with Gasteiger partial charge in [-0.3, -0.25) is 9.58 Å². The fourth-order valence-corrected chi connectivity index (χ4v) is 3.76. The third-order valence-corrected chi connectivity index (χ3v) is 5.40. The first-order chi connectivity index (χ1) is 12.1. The van der Waals surface area contributed by atoms with Gasteiger partial charge < -0.3 is 15.1 Å². The number of aromatic nitrogens is 2. The summed E-state index contributed by atoms with van der Waals surface area (Å²) in [6.45, 7) is 10.1. The molecule has 1 N–H and O–H groups in total. The summed E-state index contributed by atoms with van der Waals surface area (Å²) in [5.74, 6) is 0.617. The van der Waals surface area contributed by atoms with Crippen LogP contribution in [0.5, 0.6) is 0 Å². The molecular formula is C18H32N6O. The van der Waals surface area contributed by atoms with Gasteiger partial charge in [-0.25, -0.2) is 4.79 Å². The maximum absolute atomic E-state index is 12.5. The molecule has 1 atom stereocenters. The van der Waals surface area contributed by atoms with E-state index in [9.17, 15) is 4.79 Å². The van der Waals surface area contributed by atoms with E-state index in [0.29, 0.717) is 5.92 Å². The maximum atomic E-state index is 12.5. The molecule has 0 unspecified atom stereocenters. The Morgan fingerprint density at radius 2 is 1.92 bits per heavy atom. The van der Waals surface area contributed by atoms with Crippen molar-refractivity contribution in [1.29, 1.82) is 0 Å². The SMILES string of the molecule is C[C@@H](CN1CCN(C)CC1)NC(=O)N1CCC(Cn2cccn2)CC1. The van der Waals surface area contributed by atoms with Gasteiger partial charge in [0.2, 0.25) is 0 Å². The molecule has 7 heteroatoms. The van der Waals surface area contributed by atoms with Crippen LogP contribution in [-0.4, -0.2) is 89.4 Å². The summed E-state index contributed by atoms with van der Waals surface area (Å²) in [6.07, 6.45) is 5.95. The van der Waals surface area contributed by atoms with E-state index < -0.39 is 0 Å². The number of nitrogens with one attached hydrogen (secondary N) is 1. The van der Waals surface area contributed by atoms with Crippen LogP contribution in [0, 0.1) is 5.92 Å². The molecule has 0 bridgehead atoms. The molecule has 3 heterocycles. The summed E-state index contributed by atoms with van der Waals surface area (Å²) < 4.78 is 2.00. The van der Waals surface area contributed by atoms with E-state index in [1.807, 2.05) is 28.0 Å². The number of likely N-dealkylation sites (tertiary alicyclic amines) is 1. The van der Waals surface area contributed by atoms with Crippen molar-refractivity contribution in [2.75, 3.05) is 52.9 Å². The highest BCUT2D eigenvalue weighted by atomic mass is 16.2. The highest BCUT2D eigenvalue weighted by Gasteiger charge is 2.24. The van der Waals surface area contributed by atoms with Crippen LogP contribution in [0.2, 0.25) is 0 Å². The lowest BCUT2D eigenvalue weighted by atomic mass is 9.97. The molecule has 140 valence electrons. The molecule has 0 saturated carbocycles. The predicted molar refractivity (Wildman–Crippen MR) is 98.5 cm³/mol. The minimum atomic E-state index is 0.0965. The van der Waals surface area contributed by atoms with Crippen molar-refractivity contribution in [3.8, 4) is 0 Å². The zero-order chi connectivity index (χ0) is 17.6. The highest BCUT2D eigenvalue weighted by Crippen LogP contribution is 2.19. The number of hydrogen-bond donors (Lipinski definition) is 1. The third kappa shape index (κ3) is 5.44. The molecule has 3 rings (SSSR count). The molecule has 2 fully saturated rings. The molecule has 2 amide bonds. The lowest BCUT2D eigenvalue weighted by Crippen LogP contribution is -2.52. The Labute approximate surface area is 150 Å². The second kappa shape index (κ2) is 8.67. The molecular weight excluding hydrogens is 316 g/mol. The van der Waals surface area contributed by atoms with Crippen molar-refractivity contribution in [2.24, 2.45) is 5.92 Å². The van der Waals surface area contributed by atoms with E-state index in [1.54, 1.807) is 0 Å². The van der Waals surface area contributed by atoms with Gasteiger partial charge in [-0.05, 0) is 38.8 Å². The number of hydrogen-bond acceptors (Lipinski definition) is 4. The second-order valence-corrected chi connectivity index (χ2v) is 7.61. The number of urea groups is 1. The number of carbonyl (C=O) groups is 1. The van der Waals surface area contributed by atoms with Gasteiger partial charge >= 0.3 is 6.03 Å². The average Bonchev–Trinajstić information content (AvgIpc) is 3.10. The smallest absolute Gasteiger partial charge is 0.317 e. The van der Waals surface area contributed by atoms with Crippen LogP contribution in [0.25, 0.3) is 0 Å². The molecule has 2 aliphatic rings. The summed E-state index contributed by atoms with van der Waals surface area (Å²) in [5, 5.41) is 7.46. The van der Waals surface area contributed by atoms with Crippen LogP contribution in [0.3, 0.4) is 0 Å². The maximum Gasteiger partial charge on any atom is 0.317 e. The highest BCUT2D eigenvalue weighted by molar-refractivity contribution is 5.74. The van der Waals surface area contributed by atoms with E-state index in [0.717, 1.165) is 65.2 Å². The first kappa shape index (κ1) is 18.2. The molecule has 2 aliphatic heterocycles. The van der Waals surface area contributed by atoms with Gasteiger partial charge in [0.15, 0.2) is 0 Å². The third-order valence-electron chi connectivity index (χ3n) is 5.40. The first-order valence-corrected chi connectivity index (χ1v) is 9.54. The largest absolute Gasteiger partial charge is 0.334 e. The van der Waals surface area contributed by atoms with Crippen LogP contribution in [0.15, 0.2) is 18.5 Å². The van der Waals surface area contributed by atoms with Crippen LogP contribution in [0.4, 0.5) is 4.79 Å². The minimum Gasteiger partial charge on any atom is -0.334 e. The number of nitrogens with zero attached hydrogens (tertiary/aromatic N) is 5. The van der Waals surface area contributed by atoms with Gasteiger partial charge in [0.1, 0.15) is 0 Å². The number of amides is 2. The summed E-state index contributed by atoms with van der Waals surface area (Å²) in [7, 11) is 2.17. The van der Waals surface area contributed by atoms with Crippen molar-refractivity contribution < 1.29 is 4.79 Å². The summed E-state index contributed by atoms with van der Waals surface area (Å²) >= 11 is 0. The molecule has 2 saturated heterocycles. The number of carbonyl (C=O) groups excluding carboxylic acids is 1. The van der Waals surface area contributed by atoms with E-state index in [2.05, 4.69) is 34.2 Å².